The third-order valence-corrected chi connectivity index (χ3v) is 4.63. The Morgan fingerprint density at radius 1 is 1.42 bits per heavy atom. The minimum absolute atomic E-state index is 0.137. The SMILES string of the molecule is NCCc1nc(C(=O)NCCc2ccc(Cl)s2)cs1. The number of amides is 1. The van der Waals surface area contributed by atoms with Crippen LogP contribution in [-0.2, 0) is 12.8 Å². The molecule has 0 aliphatic rings. The highest BCUT2D eigenvalue weighted by Gasteiger charge is 2.10. The number of thiazole rings is 1. The van der Waals surface area contributed by atoms with Crippen LogP contribution in [0.25, 0.3) is 0 Å². The maximum absolute atomic E-state index is 11.8. The molecule has 2 aromatic heterocycles. The highest BCUT2D eigenvalue weighted by molar-refractivity contribution is 7.16. The van der Waals surface area contributed by atoms with Crippen molar-refractivity contribution in [2.45, 2.75) is 12.8 Å². The highest BCUT2D eigenvalue weighted by Crippen LogP contribution is 2.21. The molecule has 0 spiro atoms. The number of carbonyl (C=O) groups is 1. The van der Waals surface area contributed by atoms with Gasteiger partial charge in [-0.3, -0.25) is 4.79 Å². The summed E-state index contributed by atoms with van der Waals surface area (Å²) in [4.78, 5) is 17.2. The largest absolute Gasteiger partial charge is 0.350 e. The van der Waals surface area contributed by atoms with Crippen molar-refractivity contribution in [1.82, 2.24) is 10.3 Å². The number of rotatable bonds is 6. The van der Waals surface area contributed by atoms with Gasteiger partial charge in [0.15, 0.2) is 0 Å². The lowest BCUT2D eigenvalue weighted by Crippen LogP contribution is -2.25. The Balaban J connectivity index is 1.80. The Morgan fingerprint density at radius 3 is 2.95 bits per heavy atom. The maximum atomic E-state index is 11.8. The number of hydrogen-bond donors (Lipinski definition) is 2. The second-order valence-electron chi connectivity index (χ2n) is 3.88. The van der Waals surface area contributed by atoms with E-state index in [4.69, 9.17) is 17.3 Å². The summed E-state index contributed by atoms with van der Waals surface area (Å²) in [7, 11) is 0. The third-order valence-electron chi connectivity index (χ3n) is 2.43. The molecule has 0 fully saturated rings. The molecule has 2 heterocycles. The van der Waals surface area contributed by atoms with E-state index < -0.39 is 0 Å². The molecule has 0 unspecified atom stereocenters. The molecule has 0 bridgehead atoms. The smallest absolute Gasteiger partial charge is 0.270 e. The molecule has 0 aliphatic heterocycles. The van der Waals surface area contributed by atoms with Crippen LogP contribution < -0.4 is 11.1 Å². The quantitative estimate of drug-likeness (QED) is 0.859. The van der Waals surface area contributed by atoms with Crippen LogP contribution in [0.2, 0.25) is 4.34 Å². The van der Waals surface area contributed by atoms with Crippen LogP contribution in [0.4, 0.5) is 0 Å². The Labute approximate surface area is 124 Å². The fourth-order valence-corrected chi connectivity index (χ4v) is 3.41. The van der Waals surface area contributed by atoms with E-state index in [9.17, 15) is 4.79 Å². The summed E-state index contributed by atoms with van der Waals surface area (Å²) in [6, 6.07) is 3.84. The molecule has 0 atom stereocenters. The Morgan fingerprint density at radius 2 is 2.26 bits per heavy atom. The van der Waals surface area contributed by atoms with Gasteiger partial charge >= 0.3 is 0 Å². The number of hydrogen-bond acceptors (Lipinski definition) is 5. The lowest BCUT2D eigenvalue weighted by atomic mass is 10.3. The number of aromatic nitrogens is 1. The molecule has 0 radical (unpaired) electrons. The molecular formula is C12H14ClN3OS2. The Hall–Kier alpha value is -0.950. The molecule has 1 amide bonds. The minimum atomic E-state index is -0.137. The van der Waals surface area contributed by atoms with Gasteiger partial charge in [-0.25, -0.2) is 4.98 Å². The first-order chi connectivity index (χ1) is 9.19. The number of halogens is 1. The number of carbonyl (C=O) groups excluding carboxylic acids is 1. The van der Waals surface area contributed by atoms with E-state index in [1.54, 1.807) is 5.38 Å². The van der Waals surface area contributed by atoms with Gasteiger partial charge in [-0.1, -0.05) is 11.6 Å². The summed E-state index contributed by atoms with van der Waals surface area (Å²) >= 11 is 8.84. The molecule has 2 rings (SSSR count). The van der Waals surface area contributed by atoms with E-state index in [0.717, 1.165) is 20.6 Å². The van der Waals surface area contributed by atoms with E-state index in [1.807, 2.05) is 12.1 Å². The second kappa shape index (κ2) is 7.00. The predicted octanol–water partition coefficient (Wildman–Crippen LogP) is 2.33. The summed E-state index contributed by atoms with van der Waals surface area (Å²) in [5.74, 6) is -0.137. The molecule has 3 N–H and O–H groups in total. The molecular weight excluding hydrogens is 302 g/mol. The monoisotopic (exact) mass is 315 g/mol. The van der Waals surface area contributed by atoms with Gasteiger partial charge in [-0.15, -0.1) is 22.7 Å². The van der Waals surface area contributed by atoms with Crippen molar-refractivity contribution in [2.24, 2.45) is 5.73 Å². The summed E-state index contributed by atoms with van der Waals surface area (Å²) in [6.07, 6.45) is 1.49. The average Bonchev–Trinajstić information content (AvgIpc) is 2.99. The summed E-state index contributed by atoms with van der Waals surface area (Å²) in [5.41, 5.74) is 5.92. The van der Waals surface area contributed by atoms with Gasteiger partial charge in [0.05, 0.1) is 9.34 Å². The molecule has 0 saturated carbocycles. The number of nitrogens with zero attached hydrogens (tertiary/aromatic N) is 1. The Kier molecular flexibility index (Phi) is 5.33. The normalized spacial score (nSPS) is 10.6. The van der Waals surface area contributed by atoms with E-state index in [1.165, 1.54) is 22.7 Å². The Bertz CT molecular complexity index is 553. The maximum Gasteiger partial charge on any atom is 0.270 e. The molecule has 19 heavy (non-hydrogen) atoms. The van der Waals surface area contributed by atoms with Crippen molar-refractivity contribution < 1.29 is 4.79 Å². The fourth-order valence-electron chi connectivity index (χ4n) is 1.53. The average molecular weight is 316 g/mol. The number of nitrogens with one attached hydrogen (secondary N) is 1. The molecule has 4 nitrogen and oxygen atoms in total. The van der Waals surface area contributed by atoms with Crippen LogP contribution in [-0.4, -0.2) is 24.0 Å². The zero-order valence-corrected chi connectivity index (χ0v) is 12.6. The van der Waals surface area contributed by atoms with Gasteiger partial charge in [-0.2, -0.15) is 0 Å². The van der Waals surface area contributed by atoms with E-state index in [0.29, 0.717) is 25.2 Å². The van der Waals surface area contributed by atoms with Crippen molar-refractivity contribution in [3.8, 4) is 0 Å². The standard InChI is InChI=1S/C12H14ClN3OS2/c13-10-2-1-8(19-10)4-6-15-12(17)9-7-18-11(16-9)3-5-14/h1-2,7H,3-6,14H2,(H,15,17). The third kappa shape index (κ3) is 4.28. The van der Waals surface area contributed by atoms with Crippen molar-refractivity contribution in [2.75, 3.05) is 13.1 Å². The number of nitrogens with two attached hydrogens (primary N) is 1. The summed E-state index contributed by atoms with van der Waals surface area (Å²) in [6.45, 7) is 1.13. The van der Waals surface area contributed by atoms with Gasteiger partial charge in [0.25, 0.3) is 5.91 Å². The van der Waals surface area contributed by atoms with Crippen LogP contribution in [0.5, 0.6) is 0 Å². The molecule has 7 heteroatoms. The lowest BCUT2D eigenvalue weighted by molar-refractivity contribution is 0.0949. The van der Waals surface area contributed by atoms with E-state index in [2.05, 4.69) is 10.3 Å². The summed E-state index contributed by atoms with van der Waals surface area (Å²) in [5, 5.41) is 5.52. The first-order valence-corrected chi connectivity index (χ1v) is 7.93. The number of thiophene rings is 1. The van der Waals surface area contributed by atoms with Crippen LogP contribution >= 0.6 is 34.3 Å². The van der Waals surface area contributed by atoms with Crippen molar-refractivity contribution in [3.63, 3.8) is 0 Å². The van der Waals surface area contributed by atoms with Crippen molar-refractivity contribution >= 4 is 40.2 Å². The molecule has 102 valence electrons. The molecule has 0 aliphatic carbocycles. The van der Waals surface area contributed by atoms with E-state index in [-0.39, 0.29) is 5.91 Å². The molecule has 0 aromatic carbocycles. The van der Waals surface area contributed by atoms with Crippen LogP contribution in [0.3, 0.4) is 0 Å². The van der Waals surface area contributed by atoms with Gasteiger partial charge < -0.3 is 11.1 Å². The van der Waals surface area contributed by atoms with E-state index >= 15 is 0 Å². The lowest BCUT2D eigenvalue weighted by Gasteiger charge is -2.01. The summed E-state index contributed by atoms with van der Waals surface area (Å²) < 4.78 is 0.771. The van der Waals surface area contributed by atoms with Gasteiger partial charge in [0.1, 0.15) is 5.69 Å². The first-order valence-electron chi connectivity index (χ1n) is 5.86. The zero-order valence-electron chi connectivity index (χ0n) is 10.2. The van der Waals surface area contributed by atoms with Crippen molar-refractivity contribution in [3.05, 3.63) is 37.4 Å². The van der Waals surface area contributed by atoms with Crippen molar-refractivity contribution in [1.29, 1.82) is 0 Å². The van der Waals surface area contributed by atoms with Crippen LogP contribution in [0, 0.1) is 0 Å². The first kappa shape index (κ1) is 14.5. The van der Waals surface area contributed by atoms with Gasteiger partial charge in [0, 0.05) is 23.2 Å². The van der Waals surface area contributed by atoms with Crippen LogP contribution in [0.15, 0.2) is 17.5 Å². The topological polar surface area (TPSA) is 68.0 Å². The minimum Gasteiger partial charge on any atom is -0.350 e. The molecule has 0 saturated heterocycles. The molecule has 2 aromatic rings. The predicted molar refractivity (Wildman–Crippen MR) is 80.2 cm³/mol. The second-order valence-corrected chi connectivity index (χ2v) is 6.62. The fraction of sp³-hybridized carbons (Fsp3) is 0.333. The highest BCUT2D eigenvalue weighted by atomic mass is 35.5. The zero-order chi connectivity index (χ0) is 13.7. The van der Waals surface area contributed by atoms with Crippen LogP contribution in [0.1, 0.15) is 20.4 Å². The van der Waals surface area contributed by atoms with Gasteiger partial charge in [-0.05, 0) is 25.1 Å². The van der Waals surface area contributed by atoms with Gasteiger partial charge in [0.2, 0.25) is 0 Å².